The van der Waals surface area contributed by atoms with E-state index in [0.29, 0.717) is 10.2 Å². The number of fused-ring (bicyclic) bond motifs is 1. The summed E-state index contributed by atoms with van der Waals surface area (Å²) in [4.78, 5) is 0. The Morgan fingerprint density at radius 2 is 2.07 bits per heavy atom. The van der Waals surface area contributed by atoms with Gasteiger partial charge in [0.1, 0.15) is 5.75 Å². The van der Waals surface area contributed by atoms with Crippen LogP contribution >= 0.6 is 15.9 Å². The van der Waals surface area contributed by atoms with E-state index >= 15 is 0 Å². The molecule has 0 amide bonds. The summed E-state index contributed by atoms with van der Waals surface area (Å²) in [7, 11) is 0. The fourth-order valence-corrected chi connectivity index (χ4v) is 1.53. The lowest BCUT2D eigenvalue weighted by atomic mass is 10.3. The van der Waals surface area contributed by atoms with Gasteiger partial charge < -0.3 is 10.1 Å². The van der Waals surface area contributed by atoms with Crippen LogP contribution < -0.4 is 10.1 Å². The van der Waals surface area contributed by atoms with Crippen molar-refractivity contribution in [1.29, 1.82) is 0 Å². The van der Waals surface area contributed by atoms with Gasteiger partial charge in [-0.3, -0.25) is 0 Å². The maximum absolute atomic E-state index is 12.2. The SMILES string of the molecule is FC(F)(F)C1Nc2cc(Br)ccc2O1. The molecule has 0 spiro atoms. The minimum absolute atomic E-state index is 0.218. The molecule has 0 bridgehead atoms. The third-order valence-corrected chi connectivity index (χ3v) is 2.26. The molecule has 6 heteroatoms. The van der Waals surface area contributed by atoms with Crippen LogP contribution in [-0.4, -0.2) is 12.4 Å². The summed E-state index contributed by atoms with van der Waals surface area (Å²) in [5, 5.41) is 2.24. The molecule has 0 fully saturated rings. The Morgan fingerprint density at radius 3 is 2.71 bits per heavy atom. The standard InChI is InChI=1S/C8H5BrF3NO/c9-4-1-2-6-5(3-4)13-7(14-6)8(10,11)12/h1-3,7,13H. The average Bonchev–Trinajstić information content (AvgIpc) is 2.45. The van der Waals surface area contributed by atoms with Gasteiger partial charge in [-0.25, -0.2) is 0 Å². The number of ether oxygens (including phenoxy) is 1. The van der Waals surface area contributed by atoms with Crippen molar-refractivity contribution in [3.8, 4) is 5.75 Å². The molecule has 1 N–H and O–H groups in total. The number of nitrogens with one attached hydrogen (secondary N) is 1. The highest BCUT2D eigenvalue weighted by atomic mass is 79.9. The lowest BCUT2D eigenvalue weighted by Gasteiger charge is -2.14. The van der Waals surface area contributed by atoms with Crippen molar-refractivity contribution < 1.29 is 17.9 Å². The number of benzene rings is 1. The molecule has 76 valence electrons. The fourth-order valence-electron chi connectivity index (χ4n) is 1.16. The van der Waals surface area contributed by atoms with E-state index in [-0.39, 0.29) is 5.75 Å². The third kappa shape index (κ3) is 1.66. The van der Waals surface area contributed by atoms with Crippen molar-refractivity contribution in [3.05, 3.63) is 22.7 Å². The van der Waals surface area contributed by atoms with Crippen LogP contribution in [0.25, 0.3) is 0 Å². The quantitative estimate of drug-likeness (QED) is 0.780. The highest BCUT2D eigenvalue weighted by Gasteiger charge is 2.45. The van der Waals surface area contributed by atoms with Crippen LogP contribution in [0.1, 0.15) is 0 Å². The largest absolute Gasteiger partial charge is 0.459 e. The smallest absolute Gasteiger partial charge is 0.445 e. The summed E-state index contributed by atoms with van der Waals surface area (Å²) >= 11 is 3.16. The predicted octanol–water partition coefficient (Wildman–Crippen LogP) is 3.14. The van der Waals surface area contributed by atoms with E-state index in [1.165, 1.54) is 6.07 Å². The lowest BCUT2D eigenvalue weighted by Crippen LogP contribution is -2.37. The Kier molecular flexibility index (Phi) is 2.10. The van der Waals surface area contributed by atoms with Gasteiger partial charge in [0.05, 0.1) is 5.69 Å². The average molecular weight is 268 g/mol. The molecule has 2 rings (SSSR count). The van der Waals surface area contributed by atoms with Crippen molar-refractivity contribution in [2.45, 2.75) is 12.4 Å². The maximum atomic E-state index is 12.2. The Balaban J connectivity index is 2.26. The zero-order valence-electron chi connectivity index (χ0n) is 6.73. The highest BCUT2D eigenvalue weighted by molar-refractivity contribution is 9.10. The number of alkyl halides is 3. The first-order chi connectivity index (χ1) is 6.47. The van der Waals surface area contributed by atoms with Crippen LogP contribution in [0.3, 0.4) is 0 Å². The molecule has 1 aromatic carbocycles. The summed E-state index contributed by atoms with van der Waals surface area (Å²) < 4.78 is 42.1. The topological polar surface area (TPSA) is 21.3 Å². The van der Waals surface area contributed by atoms with Crippen LogP contribution in [-0.2, 0) is 0 Å². The fraction of sp³-hybridized carbons (Fsp3) is 0.250. The van der Waals surface area contributed by atoms with Gasteiger partial charge in [-0.2, -0.15) is 13.2 Å². The van der Waals surface area contributed by atoms with Gasteiger partial charge in [0, 0.05) is 4.47 Å². The predicted molar refractivity (Wildman–Crippen MR) is 48.2 cm³/mol. The molecular weight excluding hydrogens is 263 g/mol. The van der Waals surface area contributed by atoms with Gasteiger partial charge in [0.25, 0.3) is 6.23 Å². The second-order valence-electron chi connectivity index (χ2n) is 2.82. The lowest BCUT2D eigenvalue weighted by molar-refractivity contribution is -0.182. The summed E-state index contributed by atoms with van der Waals surface area (Å²) in [5.41, 5.74) is 0.349. The van der Waals surface area contributed by atoms with Gasteiger partial charge in [-0.05, 0) is 18.2 Å². The Morgan fingerprint density at radius 1 is 1.36 bits per heavy atom. The van der Waals surface area contributed by atoms with Crippen molar-refractivity contribution in [2.75, 3.05) is 5.32 Å². The summed E-state index contributed by atoms with van der Waals surface area (Å²) in [6, 6.07) is 4.65. The van der Waals surface area contributed by atoms with Crippen molar-refractivity contribution in [2.24, 2.45) is 0 Å². The van der Waals surface area contributed by atoms with Gasteiger partial charge in [0.15, 0.2) is 0 Å². The molecule has 0 radical (unpaired) electrons. The third-order valence-electron chi connectivity index (χ3n) is 1.77. The molecule has 0 aliphatic carbocycles. The van der Waals surface area contributed by atoms with Crippen molar-refractivity contribution in [3.63, 3.8) is 0 Å². The number of anilines is 1. The normalized spacial score (nSPS) is 19.9. The van der Waals surface area contributed by atoms with E-state index in [0.717, 1.165) is 0 Å². The molecule has 1 aliphatic rings. The molecule has 0 saturated carbocycles. The molecule has 14 heavy (non-hydrogen) atoms. The van der Waals surface area contributed by atoms with Crippen LogP contribution in [0, 0.1) is 0 Å². The summed E-state index contributed by atoms with van der Waals surface area (Å²) in [6.07, 6.45) is -6.34. The van der Waals surface area contributed by atoms with E-state index in [1.54, 1.807) is 12.1 Å². The van der Waals surface area contributed by atoms with Gasteiger partial charge in [-0.1, -0.05) is 15.9 Å². The first-order valence-electron chi connectivity index (χ1n) is 3.76. The molecule has 1 unspecified atom stereocenters. The van der Waals surface area contributed by atoms with E-state index in [9.17, 15) is 13.2 Å². The first-order valence-corrected chi connectivity index (χ1v) is 4.55. The van der Waals surface area contributed by atoms with Crippen LogP contribution in [0.15, 0.2) is 22.7 Å². The molecule has 0 aromatic heterocycles. The Labute approximate surface area is 86.2 Å². The summed E-state index contributed by atoms with van der Waals surface area (Å²) in [5.74, 6) is 0.218. The van der Waals surface area contributed by atoms with E-state index in [1.807, 2.05) is 0 Å². The molecule has 1 heterocycles. The minimum Gasteiger partial charge on any atom is -0.459 e. The van der Waals surface area contributed by atoms with Crippen LogP contribution in [0.2, 0.25) is 0 Å². The monoisotopic (exact) mass is 267 g/mol. The Bertz CT molecular complexity index is 366. The molecule has 0 saturated heterocycles. The number of hydrogen-bond donors (Lipinski definition) is 1. The molecule has 1 aromatic rings. The molecule has 1 aliphatic heterocycles. The number of hydrogen-bond acceptors (Lipinski definition) is 2. The van der Waals surface area contributed by atoms with E-state index < -0.39 is 12.4 Å². The van der Waals surface area contributed by atoms with E-state index in [4.69, 9.17) is 0 Å². The van der Waals surface area contributed by atoms with Crippen molar-refractivity contribution >= 4 is 21.6 Å². The second-order valence-corrected chi connectivity index (χ2v) is 3.74. The van der Waals surface area contributed by atoms with Crippen molar-refractivity contribution in [1.82, 2.24) is 0 Å². The molecular formula is C8H5BrF3NO. The maximum Gasteiger partial charge on any atom is 0.445 e. The molecule has 1 atom stereocenters. The van der Waals surface area contributed by atoms with Crippen LogP contribution in [0.5, 0.6) is 5.75 Å². The number of rotatable bonds is 0. The number of halogens is 4. The van der Waals surface area contributed by atoms with Crippen LogP contribution in [0.4, 0.5) is 18.9 Å². The van der Waals surface area contributed by atoms with E-state index in [2.05, 4.69) is 26.0 Å². The second kappa shape index (κ2) is 3.05. The Hall–Kier alpha value is -0.910. The van der Waals surface area contributed by atoms with Gasteiger partial charge >= 0.3 is 6.18 Å². The zero-order valence-corrected chi connectivity index (χ0v) is 8.32. The highest BCUT2D eigenvalue weighted by Crippen LogP contribution is 2.38. The van der Waals surface area contributed by atoms with Gasteiger partial charge in [0.2, 0.25) is 0 Å². The first kappa shape index (κ1) is 9.64. The zero-order chi connectivity index (χ0) is 10.3. The molecule has 2 nitrogen and oxygen atoms in total. The van der Waals surface area contributed by atoms with Gasteiger partial charge in [-0.15, -0.1) is 0 Å². The minimum atomic E-state index is -4.40. The summed E-state index contributed by atoms with van der Waals surface area (Å²) in [6.45, 7) is 0.